The molecule has 0 aliphatic heterocycles. The molecule has 0 fully saturated rings. The molecule has 0 unspecified atom stereocenters. The first-order valence-electron chi connectivity index (χ1n) is 5.69. The molecule has 6 nitrogen and oxygen atoms in total. The molecule has 0 atom stereocenters. The summed E-state index contributed by atoms with van der Waals surface area (Å²) in [5.74, 6) is 0. The van der Waals surface area contributed by atoms with Crippen LogP contribution >= 0.6 is 0 Å². The average molecular weight is 277 g/mol. The quantitative estimate of drug-likeness (QED) is 0.749. The maximum Gasteiger partial charge on any atom is 0.321 e. The molecular weight excluding hydrogens is 260 g/mol. The standard InChI is InChI=1S/C12H17N4O2Si/c1-13-11(17)15(3)8-6-5-7-9(19)10(8)16(4)12(18)14-2/h5-7H,1-4H3,(H,13,17)(H,14,18). The number of hydrogen-bond donors (Lipinski definition) is 2. The lowest BCUT2D eigenvalue weighted by atomic mass is 10.2. The van der Waals surface area contributed by atoms with Crippen molar-refractivity contribution in [3.05, 3.63) is 18.2 Å². The highest BCUT2D eigenvalue weighted by molar-refractivity contribution is 6.37. The van der Waals surface area contributed by atoms with Gasteiger partial charge in [0.25, 0.3) is 0 Å². The molecule has 0 heterocycles. The SMILES string of the molecule is CNC(=O)N(C)c1cccc([Si])c1N(C)C(=O)NC. The largest absolute Gasteiger partial charge is 0.341 e. The van der Waals surface area contributed by atoms with Crippen molar-refractivity contribution in [1.29, 1.82) is 0 Å². The monoisotopic (exact) mass is 277 g/mol. The van der Waals surface area contributed by atoms with E-state index in [1.807, 2.05) is 6.07 Å². The third kappa shape index (κ3) is 3.05. The number of carbonyl (C=O) groups excluding carboxylic acids is 2. The third-order valence-corrected chi connectivity index (χ3v) is 3.15. The van der Waals surface area contributed by atoms with Gasteiger partial charge in [-0.05, 0) is 11.3 Å². The summed E-state index contributed by atoms with van der Waals surface area (Å²) in [5.41, 5.74) is 1.24. The number of rotatable bonds is 2. The topological polar surface area (TPSA) is 64.7 Å². The molecule has 101 valence electrons. The minimum Gasteiger partial charge on any atom is -0.341 e. The van der Waals surface area contributed by atoms with Crippen LogP contribution in [0.15, 0.2) is 18.2 Å². The van der Waals surface area contributed by atoms with Gasteiger partial charge in [-0.1, -0.05) is 12.1 Å². The molecule has 0 aromatic heterocycles. The molecule has 0 aliphatic rings. The first-order chi connectivity index (χ1) is 8.93. The molecule has 1 aromatic carbocycles. The van der Waals surface area contributed by atoms with Gasteiger partial charge >= 0.3 is 12.1 Å². The van der Waals surface area contributed by atoms with E-state index in [9.17, 15) is 9.59 Å². The Hall–Kier alpha value is -2.02. The van der Waals surface area contributed by atoms with Gasteiger partial charge in [-0.2, -0.15) is 0 Å². The van der Waals surface area contributed by atoms with E-state index < -0.39 is 0 Å². The van der Waals surface area contributed by atoms with Crippen LogP contribution in [0.4, 0.5) is 21.0 Å². The Morgan fingerprint density at radius 1 is 1.05 bits per heavy atom. The zero-order valence-corrected chi connectivity index (χ0v) is 12.4. The van der Waals surface area contributed by atoms with Crippen molar-refractivity contribution in [2.75, 3.05) is 38.0 Å². The maximum atomic E-state index is 11.8. The Bertz CT molecular complexity index is 493. The number of benzene rings is 1. The molecule has 0 spiro atoms. The molecule has 0 saturated carbocycles. The van der Waals surface area contributed by atoms with Crippen molar-refractivity contribution in [1.82, 2.24) is 10.6 Å². The number of nitrogens with one attached hydrogen (secondary N) is 2. The van der Waals surface area contributed by atoms with Gasteiger partial charge in [-0.15, -0.1) is 0 Å². The van der Waals surface area contributed by atoms with Gasteiger partial charge in [-0.25, -0.2) is 9.59 Å². The van der Waals surface area contributed by atoms with Crippen LogP contribution in [0.2, 0.25) is 0 Å². The van der Waals surface area contributed by atoms with Crippen LogP contribution < -0.4 is 25.6 Å². The summed E-state index contributed by atoms with van der Waals surface area (Å²) in [6.45, 7) is 0. The summed E-state index contributed by atoms with van der Waals surface area (Å²) < 4.78 is 0. The number of nitrogens with zero attached hydrogens (tertiary/aromatic N) is 2. The molecule has 3 radical (unpaired) electrons. The van der Waals surface area contributed by atoms with E-state index in [1.165, 1.54) is 9.80 Å². The zero-order chi connectivity index (χ0) is 14.6. The molecule has 7 heteroatoms. The number of amides is 4. The van der Waals surface area contributed by atoms with Crippen LogP contribution in [0, 0.1) is 0 Å². The van der Waals surface area contributed by atoms with Gasteiger partial charge in [0.05, 0.1) is 21.6 Å². The van der Waals surface area contributed by atoms with E-state index in [2.05, 4.69) is 20.9 Å². The summed E-state index contributed by atoms with van der Waals surface area (Å²) in [5, 5.41) is 5.81. The number of carbonyl (C=O) groups is 2. The second-order valence-electron chi connectivity index (χ2n) is 3.90. The summed E-state index contributed by atoms with van der Waals surface area (Å²) in [4.78, 5) is 26.4. The average Bonchev–Trinajstić information content (AvgIpc) is 2.43. The Morgan fingerprint density at radius 3 is 2.11 bits per heavy atom. The smallest absolute Gasteiger partial charge is 0.321 e. The van der Waals surface area contributed by atoms with Crippen molar-refractivity contribution in [3.63, 3.8) is 0 Å². The van der Waals surface area contributed by atoms with Gasteiger partial charge in [0.1, 0.15) is 0 Å². The maximum absolute atomic E-state index is 11.8. The van der Waals surface area contributed by atoms with E-state index >= 15 is 0 Å². The van der Waals surface area contributed by atoms with Crippen LogP contribution in [0.25, 0.3) is 0 Å². The third-order valence-electron chi connectivity index (χ3n) is 2.75. The zero-order valence-electron chi connectivity index (χ0n) is 11.4. The molecular formula is C12H17N4O2Si. The van der Waals surface area contributed by atoms with Crippen LogP contribution in [-0.2, 0) is 0 Å². The highest BCUT2D eigenvalue weighted by Gasteiger charge is 2.20. The normalized spacial score (nSPS) is 9.74. The van der Waals surface area contributed by atoms with Crippen LogP contribution in [-0.4, -0.2) is 50.5 Å². The highest BCUT2D eigenvalue weighted by atomic mass is 28.1. The number of hydrogen-bond acceptors (Lipinski definition) is 2. The molecule has 1 rings (SSSR count). The molecule has 0 bridgehead atoms. The van der Waals surface area contributed by atoms with Crippen molar-refractivity contribution < 1.29 is 9.59 Å². The Labute approximate surface area is 116 Å². The number of anilines is 2. The second kappa shape index (κ2) is 6.23. The Balaban J connectivity index is 3.30. The molecule has 2 N–H and O–H groups in total. The summed E-state index contributed by atoms with van der Waals surface area (Å²) >= 11 is 0. The highest BCUT2D eigenvalue weighted by Crippen LogP contribution is 2.25. The van der Waals surface area contributed by atoms with E-state index in [0.29, 0.717) is 11.4 Å². The van der Waals surface area contributed by atoms with Gasteiger partial charge in [-0.3, -0.25) is 9.80 Å². The van der Waals surface area contributed by atoms with E-state index in [-0.39, 0.29) is 12.1 Å². The second-order valence-corrected chi connectivity index (χ2v) is 4.44. The summed E-state index contributed by atoms with van der Waals surface area (Å²) in [6.07, 6.45) is 0. The van der Waals surface area contributed by atoms with Gasteiger partial charge in [0.15, 0.2) is 0 Å². The fourth-order valence-corrected chi connectivity index (χ4v) is 2.09. The molecule has 0 saturated heterocycles. The predicted octanol–water partition coefficient (Wildman–Crippen LogP) is 0.0316. The fourth-order valence-electron chi connectivity index (χ4n) is 1.70. The van der Waals surface area contributed by atoms with Crippen molar-refractivity contribution in [2.24, 2.45) is 0 Å². The first kappa shape index (κ1) is 15.0. The van der Waals surface area contributed by atoms with E-state index in [1.54, 1.807) is 40.3 Å². The van der Waals surface area contributed by atoms with Crippen molar-refractivity contribution in [2.45, 2.75) is 0 Å². The fraction of sp³-hybridized carbons (Fsp3) is 0.333. The number of urea groups is 2. The van der Waals surface area contributed by atoms with Gasteiger partial charge in [0, 0.05) is 28.2 Å². The summed E-state index contributed by atoms with van der Waals surface area (Å²) in [6, 6.07) is 4.86. The van der Waals surface area contributed by atoms with Gasteiger partial charge in [0.2, 0.25) is 0 Å². The molecule has 4 amide bonds. The lowest BCUT2D eigenvalue weighted by molar-refractivity contribution is 0.248. The van der Waals surface area contributed by atoms with Crippen LogP contribution in [0.1, 0.15) is 0 Å². The minimum absolute atomic E-state index is 0.260. The molecule has 19 heavy (non-hydrogen) atoms. The van der Waals surface area contributed by atoms with Crippen LogP contribution in [0.3, 0.4) is 0 Å². The lowest BCUT2D eigenvalue weighted by Crippen LogP contribution is -2.41. The van der Waals surface area contributed by atoms with E-state index in [0.717, 1.165) is 5.19 Å². The predicted molar refractivity (Wildman–Crippen MR) is 77.5 cm³/mol. The van der Waals surface area contributed by atoms with Crippen molar-refractivity contribution >= 4 is 38.9 Å². The number of para-hydroxylation sites is 1. The van der Waals surface area contributed by atoms with Gasteiger partial charge < -0.3 is 10.6 Å². The minimum atomic E-state index is -0.266. The summed E-state index contributed by atoms with van der Waals surface area (Å²) in [7, 11) is 9.85. The van der Waals surface area contributed by atoms with Crippen molar-refractivity contribution in [3.8, 4) is 0 Å². The molecule has 0 aliphatic carbocycles. The Kier molecular flexibility index (Phi) is 4.93. The van der Waals surface area contributed by atoms with Crippen LogP contribution in [0.5, 0.6) is 0 Å². The first-order valence-corrected chi connectivity index (χ1v) is 6.19. The Morgan fingerprint density at radius 2 is 1.58 bits per heavy atom. The lowest BCUT2D eigenvalue weighted by Gasteiger charge is -2.26. The molecule has 1 aromatic rings. The van der Waals surface area contributed by atoms with E-state index in [4.69, 9.17) is 0 Å².